The third kappa shape index (κ3) is 14.0. The van der Waals surface area contributed by atoms with Crippen molar-refractivity contribution in [1.82, 2.24) is 0 Å². The highest BCUT2D eigenvalue weighted by Gasteiger charge is 2.24. The quantitative estimate of drug-likeness (QED) is 0.283. The average molecular weight is 342 g/mol. The van der Waals surface area contributed by atoms with Gasteiger partial charge < -0.3 is 5.73 Å². The molecule has 0 aliphatic carbocycles. The number of carbonyl (C=O) groups is 1. The predicted molar refractivity (Wildman–Crippen MR) is 106 cm³/mol. The van der Waals surface area contributed by atoms with Gasteiger partial charge in [0.15, 0.2) is 0 Å². The van der Waals surface area contributed by atoms with E-state index in [0.29, 0.717) is 16.9 Å². The highest BCUT2D eigenvalue weighted by Crippen LogP contribution is 2.14. The maximum absolute atomic E-state index is 12.2. The van der Waals surface area contributed by atoms with Crippen LogP contribution in [0.1, 0.15) is 103 Å². The van der Waals surface area contributed by atoms with Gasteiger partial charge in [-0.15, -0.1) is 0 Å². The summed E-state index contributed by atoms with van der Waals surface area (Å²) in [6.07, 6.45) is 19.2. The van der Waals surface area contributed by atoms with Crippen LogP contribution in [-0.2, 0) is 4.79 Å². The van der Waals surface area contributed by atoms with E-state index in [1.807, 2.05) is 14.1 Å². The number of quaternary nitrogens is 1. The van der Waals surface area contributed by atoms with E-state index in [-0.39, 0.29) is 0 Å². The molecule has 144 valence electrons. The molecule has 0 aromatic rings. The van der Waals surface area contributed by atoms with Gasteiger partial charge in [-0.1, -0.05) is 84.0 Å². The molecule has 0 rings (SSSR count). The van der Waals surface area contributed by atoms with Gasteiger partial charge >= 0.3 is 5.91 Å². The van der Waals surface area contributed by atoms with Gasteiger partial charge in [0.05, 0.1) is 27.1 Å². The van der Waals surface area contributed by atoms with Crippen LogP contribution < -0.4 is 5.73 Å². The molecule has 0 aliphatic rings. The van der Waals surface area contributed by atoms with Crippen molar-refractivity contribution in [2.45, 2.75) is 103 Å². The molecule has 0 aliphatic heterocycles. The lowest BCUT2D eigenvalue weighted by Crippen LogP contribution is -2.46. The zero-order valence-corrected chi connectivity index (χ0v) is 17.0. The van der Waals surface area contributed by atoms with Crippen LogP contribution in [0.5, 0.6) is 0 Å². The Balaban J connectivity index is 3.34. The van der Waals surface area contributed by atoms with Crippen molar-refractivity contribution in [1.29, 1.82) is 0 Å². The third-order valence-corrected chi connectivity index (χ3v) is 5.09. The summed E-state index contributed by atoms with van der Waals surface area (Å²) in [7, 11) is 4.03. The predicted octanol–water partition coefficient (Wildman–Crippen LogP) is 5.42. The maximum Gasteiger partial charge on any atom is 0.313 e. The number of unbranched alkanes of at least 4 members (excludes halogenated alkanes) is 12. The van der Waals surface area contributed by atoms with Gasteiger partial charge in [0.2, 0.25) is 0 Å². The molecule has 0 aromatic carbocycles. The molecule has 1 amide bonds. The second-order valence-electron chi connectivity index (χ2n) is 7.94. The zero-order valence-electron chi connectivity index (χ0n) is 17.0. The molecular weight excluding hydrogens is 296 g/mol. The normalized spacial score (nSPS) is 11.8. The summed E-state index contributed by atoms with van der Waals surface area (Å²) in [5, 5.41) is 0. The summed E-state index contributed by atoms with van der Waals surface area (Å²) in [5.41, 5.74) is 5.54. The molecule has 2 N–H and O–H groups in total. The largest absolute Gasteiger partial charge is 0.330 e. The monoisotopic (exact) mass is 341 g/mol. The fourth-order valence-corrected chi connectivity index (χ4v) is 3.21. The topological polar surface area (TPSA) is 43.1 Å². The van der Waals surface area contributed by atoms with Crippen molar-refractivity contribution in [3.8, 4) is 0 Å². The van der Waals surface area contributed by atoms with E-state index >= 15 is 0 Å². The first kappa shape index (κ1) is 23.6. The first-order valence-electron chi connectivity index (χ1n) is 10.6. The van der Waals surface area contributed by atoms with E-state index in [0.717, 1.165) is 25.8 Å². The number of carbonyl (C=O) groups excluding carboxylic acids is 1. The van der Waals surface area contributed by atoms with Crippen LogP contribution in [0, 0.1) is 0 Å². The summed E-state index contributed by atoms with van der Waals surface area (Å²) in [5.74, 6) is 0.367. The summed E-state index contributed by atoms with van der Waals surface area (Å²) < 4.78 is 0.495. The molecular formula is C21H45N2O+. The van der Waals surface area contributed by atoms with Crippen molar-refractivity contribution < 1.29 is 9.28 Å². The number of nitrogens with two attached hydrogens (primary N) is 1. The Bertz CT molecular complexity index is 290. The Hall–Kier alpha value is -0.410. The van der Waals surface area contributed by atoms with E-state index < -0.39 is 0 Å². The van der Waals surface area contributed by atoms with Crippen molar-refractivity contribution in [3.63, 3.8) is 0 Å². The van der Waals surface area contributed by atoms with Crippen molar-refractivity contribution >= 4 is 5.91 Å². The molecule has 3 heteroatoms. The number of amides is 1. The lowest BCUT2D eigenvalue weighted by molar-refractivity contribution is -0.814. The van der Waals surface area contributed by atoms with Gasteiger partial charge in [-0.3, -0.25) is 4.48 Å². The Morgan fingerprint density at radius 3 is 1.54 bits per heavy atom. The van der Waals surface area contributed by atoms with Gasteiger partial charge in [0.25, 0.3) is 0 Å². The lowest BCUT2D eigenvalue weighted by atomic mass is 10.0. The smallest absolute Gasteiger partial charge is 0.313 e. The van der Waals surface area contributed by atoms with Crippen LogP contribution in [-0.4, -0.2) is 37.6 Å². The van der Waals surface area contributed by atoms with E-state index in [1.165, 1.54) is 77.0 Å². The zero-order chi connectivity index (χ0) is 18.1. The number of hydrogen-bond acceptors (Lipinski definition) is 2. The van der Waals surface area contributed by atoms with Crippen molar-refractivity contribution in [3.05, 3.63) is 0 Å². The first-order valence-corrected chi connectivity index (χ1v) is 10.6. The molecule has 0 saturated carbocycles. The Kier molecular flexibility index (Phi) is 15.8. The SMILES string of the molecule is CCCCCCCCCCCCCCCC(=O)[N+](C)(C)CCCN. The molecule has 0 unspecified atom stereocenters. The number of nitrogens with zero attached hydrogens (tertiary/aromatic N) is 1. The molecule has 0 atom stereocenters. The van der Waals surface area contributed by atoms with Crippen LogP contribution in [0.4, 0.5) is 0 Å². The summed E-state index contributed by atoms with van der Waals surface area (Å²) >= 11 is 0. The summed E-state index contributed by atoms with van der Waals surface area (Å²) in [6.45, 7) is 3.82. The van der Waals surface area contributed by atoms with Crippen LogP contribution in [0.2, 0.25) is 0 Å². The van der Waals surface area contributed by atoms with Crippen LogP contribution in [0.15, 0.2) is 0 Å². The molecule has 0 fully saturated rings. The van der Waals surface area contributed by atoms with Gasteiger partial charge in [-0.05, 0) is 13.0 Å². The minimum absolute atomic E-state index is 0.367. The number of hydrogen-bond donors (Lipinski definition) is 1. The second kappa shape index (κ2) is 16.1. The second-order valence-corrected chi connectivity index (χ2v) is 7.94. The Morgan fingerprint density at radius 2 is 1.12 bits per heavy atom. The summed E-state index contributed by atoms with van der Waals surface area (Å²) in [4.78, 5) is 12.2. The minimum atomic E-state index is 0.367. The number of rotatable bonds is 17. The van der Waals surface area contributed by atoms with Gasteiger partial charge in [0, 0.05) is 6.42 Å². The first-order chi connectivity index (χ1) is 11.5. The van der Waals surface area contributed by atoms with Crippen LogP contribution in [0.25, 0.3) is 0 Å². The molecule has 0 bridgehead atoms. The fraction of sp³-hybridized carbons (Fsp3) is 0.952. The van der Waals surface area contributed by atoms with Crippen molar-refractivity contribution in [2.24, 2.45) is 5.73 Å². The van der Waals surface area contributed by atoms with Gasteiger partial charge in [-0.25, -0.2) is 4.79 Å². The van der Waals surface area contributed by atoms with Crippen LogP contribution in [0.3, 0.4) is 0 Å². The highest BCUT2D eigenvalue weighted by molar-refractivity contribution is 5.68. The summed E-state index contributed by atoms with van der Waals surface area (Å²) in [6, 6.07) is 0. The molecule has 0 spiro atoms. The molecule has 0 radical (unpaired) electrons. The maximum atomic E-state index is 12.2. The van der Waals surface area contributed by atoms with Crippen molar-refractivity contribution in [2.75, 3.05) is 27.2 Å². The van der Waals surface area contributed by atoms with E-state index in [4.69, 9.17) is 5.73 Å². The third-order valence-electron chi connectivity index (χ3n) is 5.09. The molecule has 3 nitrogen and oxygen atoms in total. The van der Waals surface area contributed by atoms with E-state index in [9.17, 15) is 4.79 Å². The average Bonchev–Trinajstić information content (AvgIpc) is 2.57. The molecule has 0 aromatic heterocycles. The Morgan fingerprint density at radius 1 is 0.708 bits per heavy atom. The standard InChI is InChI=1S/C21H45N2O/c1-4-5-6-7-8-9-10-11-12-13-14-15-16-18-21(24)23(2,3)20-17-19-22/h4-20,22H2,1-3H3/q+1. The molecule has 24 heavy (non-hydrogen) atoms. The lowest BCUT2D eigenvalue weighted by Gasteiger charge is -2.26. The molecule has 0 saturated heterocycles. The fourth-order valence-electron chi connectivity index (χ4n) is 3.21. The van der Waals surface area contributed by atoms with Crippen LogP contribution >= 0.6 is 0 Å². The minimum Gasteiger partial charge on any atom is -0.330 e. The highest BCUT2D eigenvalue weighted by atomic mass is 16.2. The van der Waals surface area contributed by atoms with Gasteiger partial charge in [0.1, 0.15) is 0 Å². The van der Waals surface area contributed by atoms with Gasteiger partial charge in [-0.2, -0.15) is 0 Å². The van der Waals surface area contributed by atoms with E-state index in [2.05, 4.69) is 6.92 Å². The molecule has 0 heterocycles. The Labute approximate surface area is 152 Å². The van der Waals surface area contributed by atoms with E-state index in [1.54, 1.807) is 0 Å².